The summed E-state index contributed by atoms with van der Waals surface area (Å²) in [6.07, 6.45) is 0. The van der Waals surface area contributed by atoms with Crippen molar-refractivity contribution in [1.82, 2.24) is 0 Å². The molecule has 0 amide bonds. The number of nitrogens with zero attached hydrogens (tertiary/aromatic N) is 2. The topological polar surface area (TPSA) is 6.48 Å². The van der Waals surface area contributed by atoms with Crippen molar-refractivity contribution >= 4 is 44.9 Å². The minimum atomic E-state index is -0.255. The van der Waals surface area contributed by atoms with E-state index in [1.807, 2.05) is 0 Å². The highest BCUT2D eigenvalue weighted by Crippen LogP contribution is 2.52. The van der Waals surface area contributed by atoms with Gasteiger partial charge in [-0.15, -0.1) is 0 Å². The second kappa shape index (κ2) is 16.1. The number of hydrogen-bond donors (Lipinski definition) is 0. The molecule has 306 valence electrons. The summed E-state index contributed by atoms with van der Waals surface area (Å²) in [5, 5.41) is 2.51. The molecule has 10 aromatic carbocycles. The summed E-state index contributed by atoms with van der Waals surface area (Å²) >= 11 is 0. The van der Waals surface area contributed by atoms with Crippen LogP contribution in [0.1, 0.15) is 30.5 Å². The molecule has 0 bridgehead atoms. The molecule has 0 atom stereocenters. The summed E-state index contributed by atoms with van der Waals surface area (Å²) in [6.45, 7) is 6.94. The van der Waals surface area contributed by atoms with Gasteiger partial charge in [-0.05, 0) is 158 Å². The van der Waals surface area contributed by atoms with Crippen molar-refractivity contribution in [2.45, 2.75) is 26.2 Å². The van der Waals surface area contributed by atoms with Gasteiger partial charge in [0.05, 0.1) is 0 Å². The monoisotopic (exact) mass is 820 g/mol. The number of hydrogen-bond acceptors (Lipinski definition) is 2. The van der Waals surface area contributed by atoms with Crippen molar-refractivity contribution in [3.8, 4) is 44.5 Å². The summed E-state index contributed by atoms with van der Waals surface area (Å²) in [7, 11) is 0. The minimum Gasteiger partial charge on any atom is -0.310 e. The Bertz CT molecular complexity index is 3190. The Morgan fingerprint density at radius 1 is 0.281 bits per heavy atom. The quantitative estimate of drug-likeness (QED) is 0.143. The maximum absolute atomic E-state index is 2.43. The van der Waals surface area contributed by atoms with Gasteiger partial charge in [0.1, 0.15) is 0 Å². The summed E-state index contributed by atoms with van der Waals surface area (Å²) in [5.74, 6) is 0. The fourth-order valence-electron chi connectivity index (χ4n) is 9.69. The molecule has 10 aromatic rings. The number of fused-ring (bicyclic) bond motifs is 4. The van der Waals surface area contributed by atoms with Crippen LogP contribution in [0.3, 0.4) is 0 Å². The maximum Gasteiger partial charge on any atom is 0.0465 e. The zero-order valence-electron chi connectivity index (χ0n) is 36.4. The van der Waals surface area contributed by atoms with E-state index in [2.05, 4.69) is 267 Å². The largest absolute Gasteiger partial charge is 0.310 e. The zero-order valence-corrected chi connectivity index (χ0v) is 36.4. The molecule has 0 fully saturated rings. The molecule has 2 nitrogen and oxygen atoms in total. The van der Waals surface area contributed by atoms with Crippen molar-refractivity contribution in [1.29, 1.82) is 0 Å². The molecule has 0 saturated carbocycles. The molecule has 11 rings (SSSR count). The van der Waals surface area contributed by atoms with Crippen LogP contribution < -0.4 is 9.80 Å². The lowest BCUT2D eigenvalue weighted by molar-refractivity contribution is 0.660. The Labute approximate surface area is 377 Å². The van der Waals surface area contributed by atoms with E-state index in [0.29, 0.717) is 0 Å². The van der Waals surface area contributed by atoms with Crippen LogP contribution in [0.2, 0.25) is 0 Å². The van der Waals surface area contributed by atoms with Gasteiger partial charge in [0.25, 0.3) is 0 Å². The van der Waals surface area contributed by atoms with Gasteiger partial charge in [-0.2, -0.15) is 0 Å². The van der Waals surface area contributed by atoms with Crippen molar-refractivity contribution in [2.24, 2.45) is 0 Å². The Balaban J connectivity index is 0.968. The van der Waals surface area contributed by atoms with Crippen molar-refractivity contribution in [3.63, 3.8) is 0 Å². The first kappa shape index (κ1) is 38.9. The third kappa shape index (κ3) is 7.13. The molecule has 0 aliphatic heterocycles. The molecule has 0 N–H and O–H groups in total. The van der Waals surface area contributed by atoms with Crippen LogP contribution in [0.25, 0.3) is 55.3 Å². The highest BCUT2D eigenvalue weighted by molar-refractivity contribution is 5.90. The van der Waals surface area contributed by atoms with Crippen LogP contribution in [-0.2, 0) is 5.41 Å². The summed E-state index contributed by atoms with van der Waals surface area (Å²) in [5.41, 5.74) is 20.2. The lowest BCUT2D eigenvalue weighted by Gasteiger charge is -2.29. The van der Waals surface area contributed by atoms with Gasteiger partial charge >= 0.3 is 0 Å². The molecular weight excluding hydrogens is 773 g/mol. The molecule has 0 spiro atoms. The molecule has 1 aliphatic rings. The molecule has 0 heterocycles. The van der Waals surface area contributed by atoms with Crippen molar-refractivity contribution < 1.29 is 0 Å². The molecule has 0 unspecified atom stereocenters. The second-order valence-electron chi connectivity index (χ2n) is 17.5. The maximum atomic E-state index is 2.43. The predicted molar refractivity (Wildman–Crippen MR) is 272 cm³/mol. The first-order chi connectivity index (χ1) is 31.4. The third-order valence-corrected chi connectivity index (χ3v) is 13.1. The number of aryl methyl sites for hydroxylation is 1. The normalized spacial score (nSPS) is 12.4. The Hall–Kier alpha value is -7.94. The van der Waals surface area contributed by atoms with E-state index in [1.54, 1.807) is 0 Å². The van der Waals surface area contributed by atoms with Gasteiger partial charge in [-0.3, -0.25) is 0 Å². The van der Waals surface area contributed by atoms with Gasteiger partial charge in [0.15, 0.2) is 0 Å². The highest BCUT2D eigenvalue weighted by atomic mass is 15.1. The van der Waals surface area contributed by atoms with E-state index in [-0.39, 0.29) is 5.41 Å². The van der Waals surface area contributed by atoms with Crippen LogP contribution in [-0.4, -0.2) is 0 Å². The standard InChI is InChI=1S/C62H48N2/c1-43-13-12-20-55(39-43)64(54-33-27-49(28-34-54)51-22-21-46-18-10-11-19-50(46)40-51)57-36-38-59-58-37-35-56(41-60(58)62(2,3)61(59)42-57)63(52-29-23-47(24-30-52)44-14-6-4-7-15-44)53-31-25-48(26-32-53)45-16-8-5-9-17-45/h4-42H,1-3H3. The smallest absolute Gasteiger partial charge is 0.0465 e. The second-order valence-corrected chi connectivity index (χ2v) is 17.5. The first-order valence-electron chi connectivity index (χ1n) is 22.2. The lowest BCUT2D eigenvalue weighted by atomic mass is 9.82. The molecular formula is C62H48N2. The van der Waals surface area contributed by atoms with Crippen molar-refractivity contribution in [2.75, 3.05) is 9.80 Å². The van der Waals surface area contributed by atoms with Gasteiger partial charge in [-0.1, -0.05) is 172 Å². The average molecular weight is 821 g/mol. The molecule has 1 aliphatic carbocycles. The lowest BCUT2D eigenvalue weighted by Crippen LogP contribution is -2.17. The third-order valence-electron chi connectivity index (χ3n) is 13.1. The molecule has 0 aromatic heterocycles. The van der Waals surface area contributed by atoms with E-state index < -0.39 is 0 Å². The van der Waals surface area contributed by atoms with Gasteiger partial charge in [0, 0.05) is 39.5 Å². The molecule has 0 radical (unpaired) electrons. The Morgan fingerprint density at radius 3 is 1.17 bits per heavy atom. The summed E-state index contributed by atoms with van der Waals surface area (Å²) in [4.78, 5) is 4.80. The average Bonchev–Trinajstić information content (AvgIpc) is 3.57. The van der Waals surface area contributed by atoms with Crippen molar-refractivity contribution in [3.05, 3.63) is 253 Å². The van der Waals surface area contributed by atoms with Gasteiger partial charge in [0.2, 0.25) is 0 Å². The van der Waals surface area contributed by atoms with E-state index in [0.717, 1.165) is 34.1 Å². The van der Waals surface area contributed by atoms with E-state index >= 15 is 0 Å². The number of anilines is 6. The minimum absolute atomic E-state index is 0.255. The van der Waals surface area contributed by atoms with Crippen LogP contribution in [0, 0.1) is 6.92 Å². The van der Waals surface area contributed by atoms with Gasteiger partial charge < -0.3 is 9.80 Å². The SMILES string of the molecule is Cc1cccc(N(c2ccc(-c3ccc4ccccc4c3)cc2)c2ccc3c(c2)C(C)(C)c2cc(N(c4ccc(-c5ccccc5)cc4)c4ccc(-c5ccccc5)cc4)ccc2-3)c1. The first-order valence-corrected chi connectivity index (χ1v) is 22.2. The van der Waals surface area contributed by atoms with Crippen LogP contribution in [0.15, 0.2) is 237 Å². The van der Waals surface area contributed by atoms with Gasteiger partial charge in [-0.25, -0.2) is 0 Å². The summed E-state index contributed by atoms with van der Waals surface area (Å²) < 4.78 is 0. The zero-order chi connectivity index (χ0) is 43.2. The Kier molecular flexibility index (Phi) is 9.78. The number of rotatable bonds is 9. The number of benzene rings is 10. The van der Waals surface area contributed by atoms with E-state index in [4.69, 9.17) is 0 Å². The van der Waals surface area contributed by atoms with E-state index in [1.165, 1.54) is 72.0 Å². The molecule has 0 saturated heterocycles. The fraction of sp³-hybridized carbons (Fsp3) is 0.0645. The van der Waals surface area contributed by atoms with Crippen LogP contribution >= 0.6 is 0 Å². The fourth-order valence-corrected chi connectivity index (χ4v) is 9.69. The van der Waals surface area contributed by atoms with E-state index in [9.17, 15) is 0 Å². The molecule has 64 heavy (non-hydrogen) atoms. The van der Waals surface area contributed by atoms with Crippen LogP contribution in [0.4, 0.5) is 34.1 Å². The molecule has 2 heteroatoms. The Morgan fingerprint density at radius 2 is 0.672 bits per heavy atom. The van der Waals surface area contributed by atoms with Crippen LogP contribution in [0.5, 0.6) is 0 Å². The summed E-state index contributed by atoms with van der Waals surface area (Å²) in [6, 6.07) is 86.5. The predicted octanol–water partition coefficient (Wildman–Crippen LogP) is 17.4. The highest BCUT2D eigenvalue weighted by Gasteiger charge is 2.37.